The lowest BCUT2D eigenvalue weighted by Gasteiger charge is -2.18. The van der Waals surface area contributed by atoms with Crippen molar-refractivity contribution < 1.29 is 18.6 Å². The van der Waals surface area contributed by atoms with E-state index in [1.165, 1.54) is 29.1 Å². The molecule has 2 aromatic heterocycles. The van der Waals surface area contributed by atoms with Gasteiger partial charge in [-0.15, -0.1) is 5.10 Å². The number of anilines is 1. The van der Waals surface area contributed by atoms with E-state index in [-0.39, 0.29) is 36.5 Å². The van der Waals surface area contributed by atoms with Gasteiger partial charge in [0, 0.05) is 12.6 Å². The molecule has 10 heteroatoms. The highest BCUT2D eigenvalue weighted by Gasteiger charge is 2.24. The number of nitrogens with zero attached hydrogens (tertiary/aromatic N) is 5. The fraction of sp³-hybridized carbons (Fsp3) is 0.263. The Morgan fingerprint density at radius 1 is 1.28 bits per heavy atom. The first-order valence-corrected chi connectivity index (χ1v) is 8.79. The molecule has 0 fully saturated rings. The van der Waals surface area contributed by atoms with E-state index in [1.807, 2.05) is 0 Å². The fourth-order valence-corrected chi connectivity index (χ4v) is 3.04. The van der Waals surface area contributed by atoms with Crippen molar-refractivity contribution in [3.05, 3.63) is 41.5 Å². The molecule has 29 heavy (non-hydrogen) atoms. The summed E-state index contributed by atoms with van der Waals surface area (Å²) in [6, 6.07) is 6.24. The Kier molecular flexibility index (Phi) is 4.64. The molecule has 0 spiro atoms. The maximum Gasteiger partial charge on any atom is 0.258 e. The van der Waals surface area contributed by atoms with Crippen molar-refractivity contribution in [2.24, 2.45) is 7.05 Å². The van der Waals surface area contributed by atoms with Crippen molar-refractivity contribution in [2.45, 2.75) is 13.0 Å². The number of nitrogen functional groups attached to an aromatic ring is 1. The fourth-order valence-electron chi connectivity index (χ4n) is 3.04. The summed E-state index contributed by atoms with van der Waals surface area (Å²) in [5.41, 5.74) is 7.37. The highest BCUT2D eigenvalue weighted by Crippen LogP contribution is 2.35. The number of halogens is 1. The van der Waals surface area contributed by atoms with Gasteiger partial charge in [-0.05, 0) is 25.1 Å². The molecule has 9 nitrogen and oxygen atoms in total. The van der Waals surface area contributed by atoms with Crippen LogP contribution in [-0.2, 0) is 7.05 Å². The summed E-state index contributed by atoms with van der Waals surface area (Å²) in [6.07, 6.45) is 0.791. The minimum atomic E-state index is -0.627. The van der Waals surface area contributed by atoms with Crippen LogP contribution in [0.15, 0.2) is 24.4 Å². The first kappa shape index (κ1) is 18.5. The van der Waals surface area contributed by atoms with Crippen LogP contribution in [0.1, 0.15) is 24.3 Å². The van der Waals surface area contributed by atoms with Gasteiger partial charge in [0.15, 0.2) is 11.5 Å². The molecule has 3 aromatic rings. The number of benzene rings is 1. The van der Waals surface area contributed by atoms with Crippen LogP contribution in [0.25, 0.3) is 11.3 Å². The standard InChI is InChI=1S/C19H17FN6O3/c1-10-12-7-11(20)3-4-15(12)27-5-6-28-18-16(14(8-21)26(2)25-18)13-9-23-17(22)19(24-13)29-10/h3-4,7,9-10H,5-6H2,1-2H3,(H2,22,23). The lowest BCUT2D eigenvalue weighted by atomic mass is 10.1. The average molecular weight is 396 g/mol. The molecule has 2 bridgehead atoms. The summed E-state index contributed by atoms with van der Waals surface area (Å²) >= 11 is 0. The Bertz CT molecular complexity index is 1120. The van der Waals surface area contributed by atoms with Crippen LogP contribution in [0, 0.1) is 17.1 Å². The number of hydrogen-bond donors (Lipinski definition) is 1. The normalized spacial score (nSPS) is 15.7. The summed E-state index contributed by atoms with van der Waals surface area (Å²) in [6.45, 7) is 2.05. The number of nitrogens with two attached hydrogens (primary N) is 1. The van der Waals surface area contributed by atoms with Gasteiger partial charge in [0.2, 0.25) is 5.88 Å². The van der Waals surface area contributed by atoms with Crippen molar-refractivity contribution in [1.82, 2.24) is 19.7 Å². The molecule has 0 saturated carbocycles. The predicted molar refractivity (Wildman–Crippen MR) is 99.8 cm³/mol. The molecule has 1 aliphatic heterocycles. The van der Waals surface area contributed by atoms with Crippen molar-refractivity contribution in [3.63, 3.8) is 0 Å². The Morgan fingerprint density at radius 2 is 2.07 bits per heavy atom. The van der Waals surface area contributed by atoms with E-state index in [0.29, 0.717) is 22.6 Å². The van der Waals surface area contributed by atoms with E-state index >= 15 is 0 Å². The largest absolute Gasteiger partial charge is 0.490 e. The first-order chi connectivity index (χ1) is 14.0. The van der Waals surface area contributed by atoms with Gasteiger partial charge < -0.3 is 19.9 Å². The topological polar surface area (TPSA) is 121 Å². The zero-order valence-corrected chi connectivity index (χ0v) is 15.7. The number of rotatable bonds is 0. The summed E-state index contributed by atoms with van der Waals surface area (Å²) in [4.78, 5) is 8.54. The molecule has 0 radical (unpaired) electrons. The predicted octanol–water partition coefficient (Wildman–Crippen LogP) is 2.38. The van der Waals surface area contributed by atoms with Crippen molar-refractivity contribution in [1.29, 1.82) is 5.26 Å². The van der Waals surface area contributed by atoms with Crippen LogP contribution >= 0.6 is 0 Å². The van der Waals surface area contributed by atoms with Crippen molar-refractivity contribution in [2.75, 3.05) is 18.9 Å². The van der Waals surface area contributed by atoms with Crippen LogP contribution in [0.4, 0.5) is 10.2 Å². The quantitative estimate of drug-likeness (QED) is 0.615. The van der Waals surface area contributed by atoms with E-state index in [1.54, 1.807) is 14.0 Å². The highest BCUT2D eigenvalue weighted by molar-refractivity contribution is 5.71. The van der Waals surface area contributed by atoms with E-state index in [9.17, 15) is 9.65 Å². The van der Waals surface area contributed by atoms with E-state index in [2.05, 4.69) is 21.1 Å². The zero-order valence-electron chi connectivity index (χ0n) is 15.7. The van der Waals surface area contributed by atoms with E-state index in [0.717, 1.165) is 0 Å². The SMILES string of the molecule is CC1Oc2nc(cnc2N)-c2c(nn(C)c2C#N)OCCOc2ccc(F)cc21. The maximum atomic E-state index is 13.8. The molecular weight excluding hydrogens is 379 g/mol. The van der Waals surface area contributed by atoms with Crippen molar-refractivity contribution >= 4 is 5.82 Å². The molecule has 0 saturated heterocycles. The summed E-state index contributed by atoms with van der Waals surface area (Å²) in [5.74, 6) is 0.335. The number of nitriles is 1. The maximum absolute atomic E-state index is 13.8. The molecule has 2 N–H and O–H groups in total. The summed E-state index contributed by atoms with van der Waals surface area (Å²) < 4.78 is 32.6. The second-order valence-electron chi connectivity index (χ2n) is 6.35. The van der Waals surface area contributed by atoms with Gasteiger partial charge in [0.25, 0.3) is 5.88 Å². The van der Waals surface area contributed by atoms with Gasteiger partial charge in [-0.3, -0.25) is 4.68 Å². The number of fused-ring (bicyclic) bond motifs is 5. The molecule has 0 amide bonds. The van der Waals surface area contributed by atoms with Gasteiger partial charge in [0.1, 0.15) is 48.2 Å². The van der Waals surface area contributed by atoms with Gasteiger partial charge in [-0.25, -0.2) is 14.4 Å². The molecule has 1 unspecified atom stereocenters. The number of hydrogen-bond acceptors (Lipinski definition) is 8. The van der Waals surface area contributed by atoms with Gasteiger partial charge in [-0.2, -0.15) is 5.26 Å². The molecule has 148 valence electrons. The van der Waals surface area contributed by atoms with Crippen LogP contribution < -0.4 is 19.9 Å². The summed E-state index contributed by atoms with van der Waals surface area (Å²) in [5, 5.41) is 13.8. The monoisotopic (exact) mass is 396 g/mol. The van der Waals surface area contributed by atoms with Crippen LogP contribution in [-0.4, -0.2) is 33.0 Å². The molecule has 4 rings (SSSR count). The van der Waals surface area contributed by atoms with Gasteiger partial charge in [-0.1, -0.05) is 0 Å². The first-order valence-electron chi connectivity index (χ1n) is 8.79. The second-order valence-corrected chi connectivity index (χ2v) is 6.35. The second kappa shape index (κ2) is 7.27. The third-order valence-electron chi connectivity index (χ3n) is 4.42. The average Bonchev–Trinajstić information content (AvgIpc) is 3.02. The lowest BCUT2D eigenvalue weighted by Crippen LogP contribution is -2.13. The molecular formula is C19H17FN6O3. The Morgan fingerprint density at radius 3 is 2.86 bits per heavy atom. The Hall–Kier alpha value is -3.87. The van der Waals surface area contributed by atoms with Crippen LogP contribution in [0.2, 0.25) is 0 Å². The minimum absolute atomic E-state index is 0.0446. The van der Waals surface area contributed by atoms with E-state index in [4.69, 9.17) is 19.9 Å². The lowest BCUT2D eigenvalue weighted by molar-refractivity contribution is 0.192. The zero-order chi connectivity index (χ0) is 20.5. The number of ether oxygens (including phenoxy) is 3. The van der Waals surface area contributed by atoms with Gasteiger partial charge in [0.05, 0.1) is 6.20 Å². The molecule has 3 heterocycles. The van der Waals surface area contributed by atoms with Crippen LogP contribution in [0.5, 0.6) is 17.5 Å². The van der Waals surface area contributed by atoms with Gasteiger partial charge >= 0.3 is 0 Å². The Labute approximate surface area is 165 Å². The minimum Gasteiger partial charge on any atom is -0.490 e. The third-order valence-corrected chi connectivity index (χ3v) is 4.42. The molecule has 1 aliphatic rings. The molecule has 1 atom stereocenters. The molecule has 1 aromatic carbocycles. The van der Waals surface area contributed by atoms with Crippen molar-refractivity contribution in [3.8, 4) is 34.8 Å². The van der Waals surface area contributed by atoms with E-state index < -0.39 is 11.9 Å². The Balaban J connectivity index is 1.86. The van der Waals surface area contributed by atoms with Crippen LogP contribution in [0.3, 0.4) is 0 Å². The highest BCUT2D eigenvalue weighted by atomic mass is 19.1. The smallest absolute Gasteiger partial charge is 0.258 e. The third kappa shape index (κ3) is 3.38. The summed E-state index contributed by atoms with van der Waals surface area (Å²) in [7, 11) is 1.63. The molecule has 0 aliphatic carbocycles. The number of aromatic nitrogens is 4. The number of aryl methyl sites for hydroxylation is 1.